The second-order valence-electron chi connectivity index (χ2n) is 7.73. The number of nitrogens with zero attached hydrogens (tertiary/aromatic N) is 1. The number of carbonyl (C=O) groups is 2. The number of pyridine rings is 1. The molecule has 0 saturated carbocycles. The van der Waals surface area contributed by atoms with Crippen LogP contribution < -0.4 is 5.32 Å². The van der Waals surface area contributed by atoms with Crippen molar-refractivity contribution in [1.82, 2.24) is 4.98 Å². The fourth-order valence-electron chi connectivity index (χ4n) is 3.76. The Bertz CT molecular complexity index is 1070. The van der Waals surface area contributed by atoms with Crippen molar-refractivity contribution >= 4 is 17.4 Å². The second kappa shape index (κ2) is 8.12. The van der Waals surface area contributed by atoms with Gasteiger partial charge in [0.25, 0.3) is 5.91 Å². The molecule has 0 aliphatic carbocycles. The third-order valence-corrected chi connectivity index (χ3v) is 5.77. The van der Waals surface area contributed by atoms with Gasteiger partial charge in [0.05, 0.1) is 0 Å². The van der Waals surface area contributed by atoms with Gasteiger partial charge < -0.3 is 15.2 Å². The topological polar surface area (TPSA) is 88.5 Å². The number of anilines is 1. The predicted octanol–water partition coefficient (Wildman–Crippen LogP) is 4.35. The van der Waals surface area contributed by atoms with Gasteiger partial charge in [-0.2, -0.15) is 17.6 Å². The Morgan fingerprint density at radius 1 is 1.22 bits per heavy atom. The molecular formula is C21H19F5N2O4. The number of amides is 1. The van der Waals surface area contributed by atoms with Crippen LogP contribution in [0.2, 0.25) is 0 Å². The quantitative estimate of drug-likeness (QED) is 0.526. The summed E-state index contributed by atoms with van der Waals surface area (Å²) in [7, 11) is 0. The summed E-state index contributed by atoms with van der Waals surface area (Å²) in [5.74, 6) is -8.59. The van der Waals surface area contributed by atoms with Crippen molar-refractivity contribution in [2.24, 2.45) is 5.92 Å². The number of ketones is 1. The highest BCUT2D eigenvalue weighted by molar-refractivity contribution is 5.97. The Labute approximate surface area is 179 Å². The van der Waals surface area contributed by atoms with Gasteiger partial charge in [-0.1, -0.05) is 13.0 Å². The molecule has 1 amide bonds. The third kappa shape index (κ3) is 3.92. The number of alkyl halides is 3. The minimum Gasteiger partial charge on any atom is -0.505 e. The van der Waals surface area contributed by atoms with Gasteiger partial charge in [-0.05, 0) is 25.1 Å². The van der Waals surface area contributed by atoms with Crippen LogP contribution >= 0.6 is 0 Å². The number of phenolic OH excluding ortho intramolecular Hbond substituents is 1. The molecule has 2 aromatic rings. The van der Waals surface area contributed by atoms with Crippen LogP contribution in [-0.4, -0.2) is 39.7 Å². The van der Waals surface area contributed by atoms with Gasteiger partial charge >= 0.3 is 6.18 Å². The standard InChI is InChI=1S/C21H19F5N2O4/c1-9-15(12-4-5-13(22)16(23)17(12)30)18(32-20(9,3)21(24,25)26)19(31)28-11-6-7-27-14(8-11)10(2)29/h4-9,15,18,30H,1-3H3,(H,27,28,31)/t9-,15-,18+,20-/m1/s1. The number of aromatic hydroxyl groups is 1. The highest BCUT2D eigenvalue weighted by Crippen LogP contribution is 2.54. The summed E-state index contributed by atoms with van der Waals surface area (Å²) in [6.07, 6.45) is -5.50. The average Bonchev–Trinajstić information content (AvgIpc) is 2.99. The molecule has 1 fully saturated rings. The molecule has 2 N–H and O–H groups in total. The van der Waals surface area contributed by atoms with Crippen molar-refractivity contribution in [3.05, 3.63) is 53.4 Å². The van der Waals surface area contributed by atoms with Crippen molar-refractivity contribution in [1.29, 1.82) is 0 Å². The maximum absolute atomic E-state index is 14.0. The number of halogens is 5. The van der Waals surface area contributed by atoms with Gasteiger partial charge in [-0.15, -0.1) is 0 Å². The summed E-state index contributed by atoms with van der Waals surface area (Å²) in [6.45, 7) is 3.13. The van der Waals surface area contributed by atoms with E-state index in [1.807, 2.05) is 0 Å². The zero-order valence-corrected chi connectivity index (χ0v) is 17.1. The lowest BCUT2D eigenvalue weighted by Crippen LogP contribution is -2.47. The Morgan fingerprint density at radius 3 is 2.47 bits per heavy atom. The van der Waals surface area contributed by atoms with E-state index in [9.17, 15) is 36.6 Å². The zero-order valence-electron chi connectivity index (χ0n) is 17.1. The molecule has 0 radical (unpaired) electrons. The molecule has 172 valence electrons. The highest BCUT2D eigenvalue weighted by Gasteiger charge is 2.65. The molecule has 0 spiro atoms. The van der Waals surface area contributed by atoms with E-state index in [1.54, 1.807) is 0 Å². The molecule has 1 aromatic heterocycles. The first-order chi connectivity index (χ1) is 14.8. The second-order valence-corrected chi connectivity index (χ2v) is 7.73. The largest absolute Gasteiger partial charge is 0.505 e. The molecule has 11 heteroatoms. The zero-order chi connectivity index (χ0) is 24.0. The van der Waals surface area contributed by atoms with E-state index in [4.69, 9.17) is 4.74 Å². The Balaban J connectivity index is 2.05. The van der Waals surface area contributed by atoms with Gasteiger partial charge in [0.15, 0.2) is 23.0 Å². The first-order valence-electron chi connectivity index (χ1n) is 9.47. The number of aromatic nitrogens is 1. The number of benzene rings is 1. The van der Waals surface area contributed by atoms with Crippen LogP contribution in [-0.2, 0) is 9.53 Å². The third-order valence-electron chi connectivity index (χ3n) is 5.77. The molecular weight excluding hydrogens is 439 g/mol. The van der Waals surface area contributed by atoms with Gasteiger partial charge in [0.2, 0.25) is 5.82 Å². The number of nitrogens with one attached hydrogen (secondary N) is 1. The van der Waals surface area contributed by atoms with Gasteiger partial charge in [-0.3, -0.25) is 14.6 Å². The number of rotatable bonds is 4. The molecule has 3 rings (SSSR count). The van der Waals surface area contributed by atoms with E-state index in [0.717, 1.165) is 19.9 Å². The molecule has 0 unspecified atom stereocenters. The molecule has 6 nitrogen and oxygen atoms in total. The maximum atomic E-state index is 14.0. The lowest BCUT2D eigenvalue weighted by atomic mass is 9.77. The normalized spacial score (nSPS) is 25.6. The van der Waals surface area contributed by atoms with Gasteiger partial charge in [0, 0.05) is 36.2 Å². The lowest BCUT2D eigenvalue weighted by molar-refractivity contribution is -0.272. The molecule has 4 atom stereocenters. The Morgan fingerprint density at radius 2 is 1.88 bits per heavy atom. The van der Waals surface area contributed by atoms with Gasteiger partial charge in [0.1, 0.15) is 11.8 Å². The van der Waals surface area contributed by atoms with Crippen molar-refractivity contribution in [2.75, 3.05) is 5.32 Å². The minimum absolute atomic E-state index is 0.0124. The summed E-state index contributed by atoms with van der Waals surface area (Å²) in [5, 5.41) is 12.4. The molecule has 1 aromatic carbocycles. The smallest absolute Gasteiger partial charge is 0.417 e. The van der Waals surface area contributed by atoms with E-state index >= 15 is 0 Å². The Kier molecular flexibility index (Phi) is 5.98. The summed E-state index contributed by atoms with van der Waals surface area (Å²) in [4.78, 5) is 28.3. The molecule has 1 aliphatic rings. The van der Waals surface area contributed by atoms with Gasteiger partial charge in [-0.25, -0.2) is 4.39 Å². The van der Waals surface area contributed by atoms with Crippen LogP contribution in [0.1, 0.15) is 42.7 Å². The number of phenols is 1. The van der Waals surface area contributed by atoms with E-state index in [0.29, 0.717) is 6.07 Å². The van der Waals surface area contributed by atoms with E-state index in [2.05, 4.69) is 10.3 Å². The summed E-state index contributed by atoms with van der Waals surface area (Å²) in [5.41, 5.74) is -3.14. The SMILES string of the molecule is CC(=O)c1cc(NC(=O)[C@H]2O[C@@](C)(C(F)(F)F)[C@H](C)[C@@H]2c2ccc(F)c(F)c2O)ccn1. The van der Waals surface area contributed by atoms with Crippen LogP contribution in [0.4, 0.5) is 27.6 Å². The average molecular weight is 458 g/mol. The monoisotopic (exact) mass is 458 g/mol. The number of ether oxygens (including phenoxy) is 1. The fraction of sp³-hybridized carbons (Fsp3) is 0.381. The number of hydrogen-bond acceptors (Lipinski definition) is 5. The van der Waals surface area contributed by atoms with Crippen LogP contribution in [0.25, 0.3) is 0 Å². The number of Topliss-reactive ketones (excluding diaryl/α,β-unsaturated/α-hetero) is 1. The molecule has 1 aliphatic heterocycles. The van der Waals surface area contributed by atoms with Crippen LogP contribution in [0.15, 0.2) is 30.5 Å². The van der Waals surface area contributed by atoms with Crippen LogP contribution in [0.5, 0.6) is 5.75 Å². The molecule has 1 saturated heterocycles. The first kappa shape index (κ1) is 23.6. The van der Waals surface area contributed by atoms with Crippen molar-refractivity contribution in [3.8, 4) is 5.75 Å². The van der Waals surface area contributed by atoms with Crippen molar-refractivity contribution in [3.63, 3.8) is 0 Å². The van der Waals surface area contributed by atoms with E-state index < -0.39 is 64.4 Å². The molecule has 32 heavy (non-hydrogen) atoms. The lowest BCUT2D eigenvalue weighted by Gasteiger charge is -2.31. The van der Waals surface area contributed by atoms with Crippen LogP contribution in [0, 0.1) is 17.6 Å². The minimum atomic E-state index is -4.91. The summed E-state index contributed by atoms with van der Waals surface area (Å²) in [6, 6.07) is 4.11. The first-order valence-corrected chi connectivity index (χ1v) is 9.47. The van der Waals surface area contributed by atoms with E-state index in [1.165, 1.54) is 25.3 Å². The van der Waals surface area contributed by atoms with E-state index in [-0.39, 0.29) is 11.4 Å². The predicted molar refractivity (Wildman–Crippen MR) is 102 cm³/mol. The summed E-state index contributed by atoms with van der Waals surface area (Å²) < 4.78 is 74.1. The number of carbonyl (C=O) groups excluding carboxylic acids is 2. The number of hydrogen-bond donors (Lipinski definition) is 2. The van der Waals surface area contributed by atoms with Crippen molar-refractivity contribution in [2.45, 2.75) is 44.6 Å². The maximum Gasteiger partial charge on any atom is 0.417 e. The Hall–Kier alpha value is -3.08. The molecule has 0 bridgehead atoms. The fourth-order valence-corrected chi connectivity index (χ4v) is 3.76. The van der Waals surface area contributed by atoms with Crippen LogP contribution in [0.3, 0.4) is 0 Å². The summed E-state index contributed by atoms with van der Waals surface area (Å²) >= 11 is 0. The molecule has 2 heterocycles. The van der Waals surface area contributed by atoms with Crippen molar-refractivity contribution < 1.29 is 41.4 Å². The highest BCUT2D eigenvalue weighted by atomic mass is 19.4.